The molecule has 1 amide bonds. The summed E-state index contributed by atoms with van der Waals surface area (Å²) in [6.07, 6.45) is 7.45. The number of nitrogens with zero attached hydrogens (tertiary/aromatic N) is 4. The minimum Gasteiger partial charge on any atom is -0.342 e. The van der Waals surface area contributed by atoms with Crippen molar-refractivity contribution in [3.63, 3.8) is 0 Å². The molecule has 3 heterocycles. The van der Waals surface area contributed by atoms with E-state index in [0.717, 1.165) is 35.5 Å². The van der Waals surface area contributed by atoms with Crippen LogP contribution in [0.4, 0.5) is 4.39 Å². The maximum atomic E-state index is 13.3. The zero-order valence-corrected chi connectivity index (χ0v) is 15.9. The second kappa shape index (κ2) is 7.92. The fraction of sp³-hybridized carbons (Fsp3) is 0.318. The molecule has 0 bridgehead atoms. The Kier molecular flexibility index (Phi) is 5.19. The number of likely N-dealkylation sites (tertiary alicyclic amines) is 1. The van der Waals surface area contributed by atoms with Crippen molar-refractivity contribution in [1.82, 2.24) is 19.4 Å². The van der Waals surface area contributed by atoms with E-state index in [-0.39, 0.29) is 18.1 Å². The molecule has 0 saturated carbocycles. The number of aromatic nitrogens is 3. The Bertz CT molecular complexity index is 962. The van der Waals surface area contributed by atoms with E-state index < -0.39 is 0 Å². The van der Waals surface area contributed by atoms with Crippen molar-refractivity contribution >= 4 is 5.91 Å². The molecule has 0 radical (unpaired) electrons. The summed E-state index contributed by atoms with van der Waals surface area (Å²) in [5.74, 6) is 0.702. The van der Waals surface area contributed by atoms with Gasteiger partial charge in [0.05, 0.1) is 6.42 Å². The van der Waals surface area contributed by atoms with Crippen molar-refractivity contribution in [2.45, 2.75) is 32.2 Å². The molecule has 0 unspecified atom stereocenters. The first kappa shape index (κ1) is 18.3. The summed E-state index contributed by atoms with van der Waals surface area (Å²) in [4.78, 5) is 23.2. The number of carbonyl (C=O) groups excluding carboxylic acids is 1. The van der Waals surface area contributed by atoms with Crippen LogP contribution < -0.4 is 0 Å². The Morgan fingerprint density at radius 2 is 1.93 bits per heavy atom. The van der Waals surface area contributed by atoms with Gasteiger partial charge in [-0.2, -0.15) is 0 Å². The molecule has 1 fully saturated rings. The average Bonchev–Trinajstić information content (AvgIpc) is 3.10. The van der Waals surface area contributed by atoms with E-state index in [1.807, 2.05) is 23.2 Å². The molecule has 0 spiro atoms. The van der Waals surface area contributed by atoms with Crippen LogP contribution in [0.1, 0.15) is 30.1 Å². The number of aryl methyl sites for hydroxylation is 1. The van der Waals surface area contributed by atoms with Crippen LogP contribution in [-0.2, 0) is 11.2 Å². The lowest BCUT2D eigenvalue weighted by atomic mass is 10.0. The van der Waals surface area contributed by atoms with Gasteiger partial charge >= 0.3 is 0 Å². The monoisotopic (exact) mass is 378 g/mol. The number of carbonyl (C=O) groups is 1. The smallest absolute Gasteiger partial charge is 0.226 e. The third kappa shape index (κ3) is 3.81. The van der Waals surface area contributed by atoms with Gasteiger partial charge in [0.2, 0.25) is 5.91 Å². The molecule has 1 aliphatic heterocycles. The number of benzene rings is 1. The van der Waals surface area contributed by atoms with Crippen LogP contribution in [0.25, 0.3) is 11.4 Å². The number of piperidine rings is 1. The molecule has 28 heavy (non-hydrogen) atoms. The average molecular weight is 378 g/mol. The van der Waals surface area contributed by atoms with Gasteiger partial charge in [0.15, 0.2) is 0 Å². The number of amides is 1. The van der Waals surface area contributed by atoms with E-state index in [1.54, 1.807) is 24.5 Å². The molecule has 2 aromatic heterocycles. The first-order valence-corrected chi connectivity index (χ1v) is 9.58. The first-order valence-electron chi connectivity index (χ1n) is 9.58. The maximum absolute atomic E-state index is 13.3. The van der Waals surface area contributed by atoms with Crippen LogP contribution in [0.5, 0.6) is 0 Å². The van der Waals surface area contributed by atoms with E-state index in [0.29, 0.717) is 19.1 Å². The van der Waals surface area contributed by atoms with E-state index in [9.17, 15) is 9.18 Å². The summed E-state index contributed by atoms with van der Waals surface area (Å²) in [7, 11) is 0. The molecular formula is C22H23FN4O. The molecule has 0 atom stereocenters. The van der Waals surface area contributed by atoms with Crippen LogP contribution in [0.3, 0.4) is 0 Å². The lowest BCUT2D eigenvalue weighted by Gasteiger charge is -2.34. The second-order valence-electron chi connectivity index (χ2n) is 7.25. The van der Waals surface area contributed by atoms with Crippen molar-refractivity contribution in [3.8, 4) is 11.4 Å². The highest BCUT2D eigenvalue weighted by Gasteiger charge is 2.26. The molecule has 4 rings (SSSR count). The van der Waals surface area contributed by atoms with E-state index in [2.05, 4.69) is 21.5 Å². The van der Waals surface area contributed by atoms with Crippen LogP contribution >= 0.6 is 0 Å². The first-order chi connectivity index (χ1) is 13.6. The Hall–Kier alpha value is -3.02. The quantitative estimate of drug-likeness (QED) is 0.694. The number of hydrogen-bond acceptors (Lipinski definition) is 3. The van der Waals surface area contributed by atoms with Crippen molar-refractivity contribution in [1.29, 1.82) is 0 Å². The fourth-order valence-electron chi connectivity index (χ4n) is 3.93. The lowest BCUT2D eigenvalue weighted by Crippen LogP contribution is -2.40. The molecule has 1 aliphatic rings. The fourth-order valence-corrected chi connectivity index (χ4v) is 3.93. The van der Waals surface area contributed by atoms with Gasteiger partial charge in [-0.05, 0) is 49.6 Å². The van der Waals surface area contributed by atoms with Crippen molar-refractivity contribution in [2.24, 2.45) is 0 Å². The summed E-state index contributed by atoms with van der Waals surface area (Å²) in [6, 6.07) is 10.5. The van der Waals surface area contributed by atoms with Gasteiger partial charge in [0.1, 0.15) is 11.6 Å². The van der Waals surface area contributed by atoms with Gasteiger partial charge in [0, 0.05) is 49.0 Å². The Balaban J connectivity index is 1.44. The van der Waals surface area contributed by atoms with Crippen LogP contribution in [0.15, 0.2) is 55.0 Å². The summed E-state index contributed by atoms with van der Waals surface area (Å²) in [5.41, 5.74) is 2.89. The van der Waals surface area contributed by atoms with Gasteiger partial charge in [0.25, 0.3) is 0 Å². The van der Waals surface area contributed by atoms with Crippen molar-refractivity contribution < 1.29 is 9.18 Å². The maximum Gasteiger partial charge on any atom is 0.226 e. The largest absolute Gasteiger partial charge is 0.342 e. The van der Waals surface area contributed by atoms with Crippen LogP contribution in [0.2, 0.25) is 0 Å². The number of pyridine rings is 1. The van der Waals surface area contributed by atoms with Crippen LogP contribution in [-0.4, -0.2) is 38.4 Å². The van der Waals surface area contributed by atoms with Gasteiger partial charge < -0.3 is 9.47 Å². The summed E-state index contributed by atoms with van der Waals surface area (Å²) in [6.45, 7) is 3.47. The lowest BCUT2D eigenvalue weighted by molar-refractivity contribution is -0.131. The topological polar surface area (TPSA) is 51.0 Å². The van der Waals surface area contributed by atoms with E-state index in [1.165, 1.54) is 12.1 Å². The number of hydrogen-bond donors (Lipinski definition) is 0. The molecule has 1 saturated heterocycles. The number of imidazole rings is 1. The third-order valence-corrected chi connectivity index (χ3v) is 5.35. The van der Waals surface area contributed by atoms with E-state index in [4.69, 9.17) is 0 Å². The van der Waals surface area contributed by atoms with Crippen molar-refractivity contribution in [3.05, 3.63) is 72.1 Å². The third-order valence-electron chi connectivity index (χ3n) is 5.35. The molecule has 1 aromatic carbocycles. The molecule has 0 N–H and O–H groups in total. The van der Waals surface area contributed by atoms with Gasteiger partial charge in [-0.3, -0.25) is 9.78 Å². The molecule has 5 nitrogen and oxygen atoms in total. The zero-order valence-electron chi connectivity index (χ0n) is 15.9. The van der Waals surface area contributed by atoms with Gasteiger partial charge in [-0.15, -0.1) is 0 Å². The molecule has 6 heteroatoms. The molecular weight excluding hydrogens is 355 g/mol. The normalized spacial score (nSPS) is 15.0. The second-order valence-corrected chi connectivity index (χ2v) is 7.25. The van der Waals surface area contributed by atoms with Gasteiger partial charge in [-0.1, -0.05) is 12.1 Å². The minimum atomic E-state index is -0.303. The highest BCUT2D eigenvalue weighted by atomic mass is 19.1. The number of rotatable bonds is 4. The van der Waals surface area contributed by atoms with Crippen molar-refractivity contribution in [2.75, 3.05) is 13.1 Å². The predicted molar refractivity (Wildman–Crippen MR) is 105 cm³/mol. The molecule has 144 valence electrons. The molecule has 0 aliphatic carbocycles. The standard InChI is InChI=1S/C22H23FN4O/c1-16-15-25-22(18-5-9-24-10-6-18)27(16)20-7-11-26(12-8-20)21(28)14-17-3-2-4-19(23)13-17/h2-6,9-10,13,15,20H,7-8,11-12,14H2,1H3. The molecule has 3 aromatic rings. The predicted octanol–water partition coefficient (Wildman–Crippen LogP) is 3.80. The summed E-state index contributed by atoms with van der Waals surface area (Å²) < 4.78 is 15.6. The van der Waals surface area contributed by atoms with Crippen LogP contribution in [0, 0.1) is 12.7 Å². The number of halogens is 1. The van der Waals surface area contributed by atoms with E-state index >= 15 is 0 Å². The SMILES string of the molecule is Cc1cnc(-c2ccncc2)n1C1CCN(C(=O)Cc2cccc(F)c2)CC1. The summed E-state index contributed by atoms with van der Waals surface area (Å²) in [5, 5.41) is 0. The highest BCUT2D eigenvalue weighted by Crippen LogP contribution is 2.30. The highest BCUT2D eigenvalue weighted by molar-refractivity contribution is 5.78. The van der Waals surface area contributed by atoms with Gasteiger partial charge in [-0.25, -0.2) is 9.37 Å². The Morgan fingerprint density at radius 3 is 2.64 bits per heavy atom. The Labute approximate surface area is 163 Å². The summed E-state index contributed by atoms with van der Waals surface area (Å²) >= 11 is 0. The zero-order chi connectivity index (χ0) is 19.5. The minimum absolute atomic E-state index is 0.0563. The Morgan fingerprint density at radius 1 is 1.18 bits per heavy atom.